The van der Waals surface area contributed by atoms with Crippen molar-refractivity contribution < 1.29 is 9.53 Å². The maximum atomic E-state index is 9.88. The van der Waals surface area contributed by atoms with Gasteiger partial charge in [-0.1, -0.05) is 0 Å². The highest BCUT2D eigenvalue weighted by molar-refractivity contribution is 5.80. The number of ether oxygens (including phenoxy) is 1. The number of nitrogens with zero attached hydrogens (tertiary/aromatic N) is 1. The molecule has 0 spiro atoms. The molecule has 0 aromatic rings. The largest absolute Gasteiger partial charge is 0.444 e. The smallest absolute Gasteiger partial charge is 0.295 e. The second kappa shape index (κ2) is 3.20. The first-order valence-corrected chi connectivity index (χ1v) is 3.19. The van der Waals surface area contributed by atoms with E-state index in [9.17, 15) is 4.79 Å². The molecular formula is C6H10N2O2. The normalized spacial score (nSPS) is 24.5. The summed E-state index contributed by atoms with van der Waals surface area (Å²) >= 11 is 0. The standard InChI is InChI=1S/C6H10N2O2/c1-5-7-3-2-6(8-5)10-4-9/h4,6H,2-3H2,1H3,(H,7,8). The van der Waals surface area contributed by atoms with Crippen molar-refractivity contribution in [3.8, 4) is 0 Å². The number of hydrogen-bond acceptors (Lipinski definition) is 4. The molecule has 1 heterocycles. The van der Waals surface area contributed by atoms with E-state index in [0.717, 1.165) is 18.8 Å². The van der Waals surface area contributed by atoms with Crippen molar-refractivity contribution in [2.45, 2.75) is 19.6 Å². The minimum atomic E-state index is -0.171. The molecule has 1 N–H and O–H groups in total. The molecule has 0 saturated heterocycles. The van der Waals surface area contributed by atoms with E-state index in [1.54, 1.807) is 0 Å². The lowest BCUT2D eigenvalue weighted by Crippen LogP contribution is -2.39. The van der Waals surface area contributed by atoms with Crippen LogP contribution in [0.2, 0.25) is 0 Å². The Hall–Kier alpha value is -1.06. The number of amidine groups is 1. The van der Waals surface area contributed by atoms with Gasteiger partial charge < -0.3 is 10.1 Å². The molecule has 0 amide bonds. The number of carbonyl (C=O) groups is 1. The van der Waals surface area contributed by atoms with Crippen LogP contribution in [0.25, 0.3) is 0 Å². The Morgan fingerprint density at radius 3 is 3.30 bits per heavy atom. The van der Waals surface area contributed by atoms with E-state index in [-0.39, 0.29) is 6.23 Å². The predicted octanol–water partition coefficient (Wildman–Crippen LogP) is -0.103. The molecule has 0 aliphatic carbocycles. The van der Waals surface area contributed by atoms with E-state index in [1.807, 2.05) is 6.92 Å². The summed E-state index contributed by atoms with van der Waals surface area (Å²) in [6.07, 6.45) is 0.589. The summed E-state index contributed by atoms with van der Waals surface area (Å²) in [5, 5.41) is 2.91. The molecule has 4 nitrogen and oxygen atoms in total. The van der Waals surface area contributed by atoms with Crippen molar-refractivity contribution in [3.05, 3.63) is 0 Å². The predicted molar refractivity (Wildman–Crippen MR) is 36.7 cm³/mol. The molecule has 1 rings (SSSR count). The Morgan fingerprint density at radius 2 is 2.70 bits per heavy atom. The summed E-state index contributed by atoms with van der Waals surface area (Å²) in [5.74, 6) is 0.832. The summed E-state index contributed by atoms with van der Waals surface area (Å²) in [6, 6.07) is 0. The second-order valence-corrected chi connectivity index (χ2v) is 2.12. The average Bonchev–Trinajstić information content (AvgIpc) is 1.88. The van der Waals surface area contributed by atoms with E-state index in [1.165, 1.54) is 0 Å². The first-order valence-electron chi connectivity index (χ1n) is 3.19. The topological polar surface area (TPSA) is 50.7 Å². The van der Waals surface area contributed by atoms with E-state index in [4.69, 9.17) is 0 Å². The van der Waals surface area contributed by atoms with Gasteiger partial charge in [0.25, 0.3) is 6.47 Å². The number of carbonyl (C=O) groups excluding carboxylic acids is 1. The number of nitrogens with one attached hydrogen (secondary N) is 1. The van der Waals surface area contributed by atoms with Crippen molar-refractivity contribution in [1.82, 2.24) is 5.32 Å². The second-order valence-electron chi connectivity index (χ2n) is 2.12. The fourth-order valence-electron chi connectivity index (χ4n) is 0.869. The van der Waals surface area contributed by atoms with Crippen LogP contribution < -0.4 is 5.32 Å². The van der Waals surface area contributed by atoms with Gasteiger partial charge in [0.05, 0.1) is 5.84 Å². The van der Waals surface area contributed by atoms with Crippen LogP contribution in [-0.4, -0.2) is 25.1 Å². The quantitative estimate of drug-likeness (QED) is 0.547. The summed E-state index contributed by atoms with van der Waals surface area (Å²) < 4.78 is 4.68. The fraction of sp³-hybridized carbons (Fsp3) is 0.667. The van der Waals surface area contributed by atoms with Crippen molar-refractivity contribution in [1.29, 1.82) is 0 Å². The molecule has 0 bridgehead atoms. The molecule has 1 aliphatic heterocycles. The Kier molecular flexibility index (Phi) is 2.25. The van der Waals surface area contributed by atoms with Gasteiger partial charge in [0.1, 0.15) is 0 Å². The van der Waals surface area contributed by atoms with Gasteiger partial charge in [-0.2, -0.15) is 0 Å². The Balaban J connectivity index is 2.37. The highest BCUT2D eigenvalue weighted by Gasteiger charge is 2.11. The van der Waals surface area contributed by atoms with Crippen molar-refractivity contribution in [3.63, 3.8) is 0 Å². The summed E-state index contributed by atoms with van der Waals surface area (Å²) in [6.45, 7) is 3.04. The van der Waals surface area contributed by atoms with E-state index >= 15 is 0 Å². The third-order valence-electron chi connectivity index (χ3n) is 1.33. The number of aliphatic imine (C=N–C) groups is 1. The molecule has 1 atom stereocenters. The first kappa shape index (κ1) is 7.05. The van der Waals surface area contributed by atoms with Crippen LogP contribution in [-0.2, 0) is 9.53 Å². The van der Waals surface area contributed by atoms with Gasteiger partial charge in [-0.25, -0.2) is 0 Å². The van der Waals surface area contributed by atoms with Crippen molar-refractivity contribution >= 4 is 12.3 Å². The van der Waals surface area contributed by atoms with Gasteiger partial charge in [0.2, 0.25) is 0 Å². The van der Waals surface area contributed by atoms with Crippen LogP contribution in [0.1, 0.15) is 13.3 Å². The molecule has 0 radical (unpaired) electrons. The zero-order chi connectivity index (χ0) is 7.40. The van der Waals surface area contributed by atoms with Gasteiger partial charge in [0.15, 0.2) is 6.23 Å². The minimum absolute atomic E-state index is 0.171. The molecule has 1 aliphatic rings. The molecule has 0 saturated carbocycles. The molecule has 0 aromatic carbocycles. The van der Waals surface area contributed by atoms with E-state index < -0.39 is 0 Å². The summed E-state index contributed by atoms with van der Waals surface area (Å²) in [5.41, 5.74) is 0. The monoisotopic (exact) mass is 142 g/mol. The maximum Gasteiger partial charge on any atom is 0.295 e. The van der Waals surface area contributed by atoms with Crippen LogP contribution in [0.4, 0.5) is 0 Å². The van der Waals surface area contributed by atoms with Gasteiger partial charge in [-0.15, -0.1) is 0 Å². The Bertz CT molecular complexity index is 156. The highest BCUT2D eigenvalue weighted by atomic mass is 16.5. The minimum Gasteiger partial charge on any atom is -0.444 e. The molecule has 1 unspecified atom stereocenters. The fourth-order valence-corrected chi connectivity index (χ4v) is 0.869. The van der Waals surface area contributed by atoms with Gasteiger partial charge in [0, 0.05) is 13.0 Å². The van der Waals surface area contributed by atoms with Crippen LogP contribution in [0.3, 0.4) is 0 Å². The SMILES string of the molecule is CC1=NCCC(OC=O)N1. The first-order chi connectivity index (χ1) is 4.83. The third kappa shape index (κ3) is 1.72. The average molecular weight is 142 g/mol. The van der Waals surface area contributed by atoms with E-state index in [0.29, 0.717) is 6.47 Å². The third-order valence-corrected chi connectivity index (χ3v) is 1.33. The van der Waals surface area contributed by atoms with Gasteiger partial charge in [-0.05, 0) is 6.92 Å². The number of hydrogen-bond donors (Lipinski definition) is 1. The molecule has 0 aromatic heterocycles. The highest BCUT2D eigenvalue weighted by Crippen LogP contribution is 1.99. The number of rotatable bonds is 2. The van der Waals surface area contributed by atoms with Gasteiger partial charge in [-0.3, -0.25) is 9.79 Å². The van der Waals surface area contributed by atoms with Crippen LogP contribution in [0.15, 0.2) is 4.99 Å². The van der Waals surface area contributed by atoms with Crippen LogP contribution in [0.5, 0.6) is 0 Å². The molecule has 56 valence electrons. The summed E-state index contributed by atoms with van der Waals surface area (Å²) in [7, 11) is 0. The van der Waals surface area contributed by atoms with Crippen LogP contribution in [0, 0.1) is 0 Å². The van der Waals surface area contributed by atoms with Crippen molar-refractivity contribution in [2.75, 3.05) is 6.54 Å². The molecule has 0 fully saturated rings. The lowest BCUT2D eigenvalue weighted by molar-refractivity contribution is -0.134. The van der Waals surface area contributed by atoms with E-state index in [2.05, 4.69) is 15.0 Å². The molecule has 10 heavy (non-hydrogen) atoms. The lowest BCUT2D eigenvalue weighted by atomic mass is 10.3. The zero-order valence-electron chi connectivity index (χ0n) is 5.83. The Labute approximate surface area is 59.3 Å². The lowest BCUT2D eigenvalue weighted by Gasteiger charge is -2.20. The van der Waals surface area contributed by atoms with Crippen molar-refractivity contribution in [2.24, 2.45) is 4.99 Å². The summed E-state index contributed by atoms with van der Waals surface area (Å²) in [4.78, 5) is 13.9. The van der Waals surface area contributed by atoms with Gasteiger partial charge >= 0.3 is 0 Å². The molecular weight excluding hydrogens is 132 g/mol. The molecule has 4 heteroatoms. The Morgan fingerprint density at radius 1 is 1.90 bits per heavy atom. The van der Waals surface area contributed by atoms with Crippen LogP contribution >= 0.6 is 0 Å². The maximum absolute atomic E-state index is 9.88. The zero-order valence-corrected chi connectivity index (χ0v) is 5.83.